The van der Waals surface area contributed by atoms with Crippen LogP contribution in [0.2, 0.25) is 0 Å². The van der Waals surface area contributed by atoms with Gasteiger partial charge in [0, 0.05) is 18.2 Å². The molecule has 0 spiro atoms. The fourth-order valence-corrected chi connectivity index (χ4v) is 4.42. The largest absolute Gasteiger partial charge is 0.378 e. The van der Waals surface area contributed by atoms with Crippen molar-refractivity contribution in [1.82, 2.24) is 4.83 Å². The molecule has 0 heterocycles. The van der Waals surface area contributed by atoms with Crippen molar-refractivity contribution in [2.45, 2.75) is 23.6 Å². The van der Waals surface area contributed by atoms with Gasteiger partial charge in [0.2, 0.25) is 5.91 Å². The van der Waals surface area contributed by atoms with Gasteiger partial charge >= 0.3 is 10.1 Å². The van der Waals surface area contributed by atoms with Crippen LogP contribution >= 0.6 is 0 Å². The van der Waals surface area contributed by atoms with Crippen molar-refractivity contribution < 1.29 is 25.8 Å². The Balaban J connectivity index is 1.77. The smallest absolute Gasteiger partial charge is 0.339 e. The summed E-state index contributed by atoms with van der Waals surface area (Å²) < 4.78 is 55.3. The fourth-order valence-electron chi connectivity index (χ4n) is 2.67. The van der Waals surface area contributed by atoms with Crippen LogP contribution in [0.15, 0.2) is 87.7 Å². The Hall–Kier alpha value is -3.70. The van der Waals surface area contributed by atoms with Crippen molar-refractivity contribution >= 4 is 38.0 Å². The van der Waals surface area contributed by atoms with E-state index >= 15 is 0 Å². The van der Waals surface area contributed by atoms with Gasteiger partial charge in [0.15, 0.2) is 5.75 Å². The van der Waals surface area contributed by atoms with Gasteiger partial charge in [0.1, 0.15) is 4.90 Å². The van der Waals surface area contributed by atoms with Gasteiger partial charge in [0.05, 0.1) is 11.1 Å². The molecule has 0 bridgehead atoms. The summed E-state index contributed by atoms with van der Waals surface area (Å²) in [6, 6.07) is 17.8. The molecule has 172 valence electrons. The normalized spacial score (nSPS) is 11.8. The quantitative estimate of drug-likeness (QED) is 0.285. The number of aryl methyl sites for hydroxylation is 1. The summed E-state index contributed by atoms with van der Waals surface area (Å²) in [5.41, 5.74) is 1.59. The molecule has 0 saturated heterocycles. The molecule has 11 heteroatoms. The van der Waals surface area contributed by atoms with Crippen LogP contribution in [0.3, 0.4) is 0 Å². The number of nitrogens with one attached hydrogen (secondary N) is 2. The lowest BCUT2D eigenvalue weighted by molar-refractivity contribution is -0.114. The molecule has 0 unspecified atom stereocenters. The van der Waals surface area contributed by atoms with Gasteiger partial charge in [0.25, 0.3) is 10.0 Å². The first kappa shape index (κ1) is 24.0. The highest BCUT2D eigenvalue weighted by Crippen LogP contribution is 2.23. The minimum Gasteiger partial charge on any atom is -0.378 e. The molecule has 0 fully saturated rings. The zero-order chi connectivity index (χ0) is 24.1. The zero-order valence-corrected chi connectivity index (χ0v) is 19.4. The molecule has 0 aliphatic rings. The number of nitrogens with zero attached hydrogens (tertiary/aromatic N) is 1. The van der Waals surface area contributed by atoms with E-state index in [1.807, 2.05) is 6.92 Å². The second-order valence-corrected chi connectivity index (χ2v) is 10.2. The molecule has 0 aromatic heterocycles. The van der Waals surface area contributed by atoms with E-state index in [0.717, 1.165) is 11.8 Å². The molecule has 0 aliphatic heterocycles. The maximum Gasteiger partial charge on any atom is 0.339 e. The molecule has 0 aliphatic carbocycles. The summed E-state index contributed by atoms with van der Waals surface area (Å²) in [6.45, 7) is 3.18. The number of amides is 1. The van der Waals surface area contributed by atoms with E-state index in [1.165, 1.54) is 55.5 Å². The Morgan fingerprint density at radius 2 is 1.48 bits per heavy atom. The molecule has 0 radical (unpaired) electrons. The number of carbonyl (C=O) groups excluding carboxylic acids is 1. The van der Waals surface area contributed by atoms with Crippen molar-refractivity contribution in [3.05, 3.63) is 83.9 Å². The summed E-state index contributed by atoms with van der Waals surface area (Å²) in [4.78, 5) is 13.1. The third kappa shape index (κ3) is 6.40. The van der Waals surface area contributed by atoms with Gasteiger partial charge < -0.3 is 9.50 Å². The second kappa shape index (κ2) is 9.84. The van der Waals surface area contributed by atoms with E-state index in [-0.39, 0.29) is 27.0 Å². The van der Waals surface area contributed by atoms with E-state index in [4.69, 9.17) is 4.18 Å². The predicted molar refractivity (Wildman–Crippen MR) is 124 cm³/mol. The van der Waals surface area contributed by atoms with Crippen molar-refractivity contribution in [1.29, 1.82) is 0 Å². The van der Waals surface area contributed by atoms with Crippen LogP contribution in [-0.2, 0) is 24.9 Å². The molecule has 0 saturated carbocycles. The molecule has 2 N–H and O–H groups in total. The van der Waals surface area contributed by atoms with Gasteiger partial charge in [-0.2, -0.15) is 21.9 Å². The maximum atomic E-state index is 12.7. The molecule has 3 aromatic rings. The lowest BCUT2D eigenvalue weighted by atomic mass is 10.2. The molecule has 3 aromatic carbocycles. The average Bonchev–Trinajstić information content (AvgIpc) is 2.75. The van der Waals surface area contributed by atoms with E-state index in [9.17, 15) is 21.6 Å². The number of hydrazone groups is 1. The van der Waals surface area contributed by atoms with Crippen LogP contribution in [0.1, 0.15) is 18.1 Å². The van der Waals surface area contributed by atoms with Crippen LogP contribution < -0.4 is 14.3 Å². The summed E-state index contributed by atoms with van der Waals surface area (Å²) in [5.74, 6) is -0.324. The summed E-state index contributed by atoms with van der Waals surface area (Å²) in [7, 11) is -8.08. The first-order valence-electron chi connectivity index (χ1n) is 9.59. The van der Waals surface area contributed by atoms with Crippen molar-refractivity contribution in [3.8, 4) is 5.75 Å². The Morgan fingerprint density at radius 1 is 0.879 bits per heavy atom. The third-order valence-corrected chi connectivity index (χ3v) is 6.78. The molecular weight excluding hydrogens is 466 g/mol. The van der Waals surface area contributed by atoms with Gasteiger partial charge in [-0.15, -0.1) is 0 Å². The third-order valence-electron chi connectivity index (χ3n) is 4.29. The van der Waals surface area contributed by atoms with E-state index in [1.54, 1.807) is 24.3 Å². The SMILES string of the molecule is CC(=O)Nc1ccc(S(=O)(=O)Oc2ccccc2/C=N/NS(=O)(=O)c2ccc(C)cc2)cc1. The highest BCUT2D eigenvalue weighted by Gasteiger charge is 2.18. The van der Waals surface area contributed by atoms with Crippen molar-refractivity contribution in [2.24, 2.45) is 5.10 Å². The molecule has 9 nitrogen and oxygen atoms in total. The number of sulfonamides is 1. The predicted octanol–water partition coefficient (Wildman–Crippen LogP) is 3.03. The van der Waals surface area contributed by atoms with E-state index < -0.39 is 20.1 Å². The van der Waals surface area contributed by atoms with E-state index in [0.29, 0.717) is 5.69 Å². The van der Waals surface area contributed by atoms with Gasteiger partial charge in [-0.1, -0.05) is 29.8 Å². The van der Waals surface area contributed by atoms with Crippen molar-refractivity contribution in [3.63, 3.8) is 0 Å². The van der Waals surface area contributed by atoms with Gasteiger partial charge in [-0.3, -0.25) is 4.79 Å². The fraction of sp³-hybridized carbons (Fsp3) is 0.0909. The number of hydrogen-bond donors (Lipinski definition) is 2. The number of para-hydroxylation sites is 1. The maximum absolute atomic E-state index is 12.7. The Bertz CT molecular complexity index is 1380. The standard InChI is InChI=1S/C22H21N3O6S2/c1-16-7-11-20(12-8-16)32(27,28)25-23-15-18-5-3-4-6-22(18)31-33(29,30)21-13-9-19(10-14-21)24-17(2)26/h3-15,25H,1-2H3,(H,24,26)/b23-15+. The van der Waals surface area contributed by atoms with Gasteiger partial charge in [-0.25, -0.2) is 4.83 Å². The molecule has 33 heavy (non-hydrogen) atoms. The number of benzene rings is 3. The lowest BCUT2D eigenvalue weighted by Gasteiger charge is -2.10. The molecular formula is C22H21N3O6S2. The monoisotopic (exact) mass is 487 g/mol. The van der Waals surface area contributed by atoms with Crippen molar-refractivity contribution in [2.75, 3.05) is 5.32 Å². The van der Waals surface area contributed by atoms with E-state index in [2.05, 4.69) is 15.2 Å². The van der Waals surface area contributed by atoms with Gasteiger partial charge in [-0.05, 0) is 55.5 Å². The van der Waals surface area contributed by atoms with Crippen LogP contribution in [0, 0.1) is 6.92 Å². The highest BCUT2D eigenvalue weighted by atomic mass is 32.2. The summed E-state index contributed by atoms with van der Waals surface area (Å²) in [6.07, 6.45) is 1.15. The number of carbonyl (C=O) groups is 1. The Labute approximate surface area is 192 Å². The highest BCUT2D eigenvalue weighted by molar-refractivity contribution is 7.89. The summed E-state index contributed by atoms with van der Waals surface area (Å²) >= 11 is 0. The minimum atomic E-state index is -4.19. The molecule has 1 amide bonds. The van der Waals surface area contributed by atoms with Crippen LogP contribution in [-0.4, -0.2) is 29.0 Å². The Morgan fingerprint density at radius 3 is 2.12 bits per heavy atom. The van der Waals surface area contributed by atoms with Crippen LogP contribution in [0.25, 0.3) is 0 Å². The second-order valence-electron chi connectivity index (χ2n) is 6.95. The summed E-state index contributed by atoms with van der Waals surface area (Å²) in [5, 5.41) is 6.28. The zero-order valence-electron chi connectivity index (χ0n) is 17.7. The van der Waals surface area contributed by atoms with Crippen LogP contribution in [0.4, 0.5) is 5.69 Å². The number of anilines is 1. The number of hydrogen-bond acceptors (Lipinski definition) is 7. The topological polar surface area (TPSA) is 131 Å². The number of rotatable bonds is 8. The first-order valence-corrected chi connectivity index (χ1v) is 12.5. The lowest BCUT2D eigenvalue weighted by Crippen LogP contribution is -2.18. The molecule has 3 rings (SSSR count). The molecule has 0 atom stereocenters. The first-order chi connectivity index (χ1) is 15.6. The van der Waals surface area contributed by atoms with Crippen LogP contribution in [0.5, 0.6) is 5.75 Å². The minimum absolute atomic E-state index is 0.0401. The average molecular weight is 488 g/mol. The Kier molecular flexibility index (Phi) is 7.14.